The number of rotatable bonds is 3. The number of nitrogens with zero attached hydrogens (tertiary/aromatic N) is 3. The number of amides is 1. The number of thiazole rings is 1. The molecule has 1 amide bonds. The highest BCUT2D eigenvalue weighted by atomic mass is 32.1. The molecule has 0 radical (unpaired) electrons. The molecule has 1 aromatic carbocycles. The number of likely N-dealkylation sites (tertiary alicyclic amines) is 1. The van der Waals surface area contributed by atoms with E-state index in [2.05, 4.69) is 16.9 Å². The summed E-state index contributed by atoms with van der Waals surface area (Å²) in [6, 6.07) is 7.24. The zero-order valence-corrected chi connectivity index (χ0v) is 16.2. The lowest BCUT2D eigenvalue weighted by molar-refractivity contribution is -0.528. The summed E-state index contributed by atoms with van der Waals surface area (Å²) in [5.74, 6) is 0.0130. The molecule has 8 nitrogen and oxygen atoms in total. The Morgan fingerprint density at radius 2 is 2.11 bits per heavy atom. The van der Waals surface area contributed by atoms with Gasteiger partial charge in [0.05, 0.1) is 16.3 Å². The van der Waals surface area contributed by atoms with Crippen LogP contribution >= 0.6 is 11.3 Å². The molecule has 3 heterocycles. The molecule has 1 aromatic heterocycles. The van der Waals surface area contributed by atoms with E-state index < -0.39 is 12.1 Å². The van der Waals surface area contributed by atoms with Crippen LogP contribution < -0.4 is 10.9 Å². The number of para-hydroxylation sites is 1. The summed E-state index contributed by atoms with van der Waals surface area (Å²) in [5.41, 5.74) is 7.34. The van der Waals surface area contributed by atoms with Crippen LogP contribution in [0, 0.1) is 16.0 Å². The van der Waals surface area contributed by atoms with E-state index in [4.69, 9.17) is 4.98 Å². The van der Waals surface area contributed by atoms with E-state index in [0.717, 1.165) is 34.5 Å². The van der Waals surface area contributed by atoms with Gasteiger partial charge in [-0.3, -0.25) is 20.3 Å². The van der Waals surface area contributed by atoms with Gasteiger partial charge in [-0.2, -0.15) is 0 Å². The topological polar surface area (TPSA) is 100 Å². The summed E-state index contributed by atoms with van der Waals surface area (Å²) in [6.07, 6.45) is 3.62. The Balaban J connectivity index is 1.37. The quantitative estimate of drug-likeness (QED) is 0.604. The van der Waals surface area contributed by atoms with Crippen LogP contribution in [0.3, 0.4) is 0 Å². The van der Waals surface area contributed by atoms with Gasteiger partial charge >= 0.3 is 0 Å². The molecule has 3 aliphatic rings. The largest absolute Gasteiger partial charge is 0.332 e. The van der Waals surface area contributed by atoms with Crippen LogP contribution in [-0.4, -0.2) is 45.4 Å². The van der Waals surface area contributed by atoms with Crippen LogP contribution in [-0.2, 0) is 4.79 Å². The normalized spacial score (nSPS) is 32.6. The van der Waals surface area contributed by atoms with Crippen molar-refractivity contribution < 1.29 is 9.72 Å². The standard InChI is InChI=1S/C19H23N5O3S/c25-19(17-12-10-11(24(26)27)7-8-13(12)21-22-17)23-9-3-5-15(23)18-20-14-4-1-2-6-16(14)28-18/h1-2,4,6,11-13,15,17,21-22H,3,5,7-10H2. The maximum atomic E-state index is 13.4. The molecule has 1 aliphatic carbocycles. The molecule has 5 atom stereocenters. The first-order chi connectivity index (χ1) is 13.6. The van der Waals surface area contributed by atoms with Gasteiger partial charge in [-0.1, -0.05) is 12.1 Å². The van der Waals surface area contributed by atoms with Crippen LogP contribution in [0.4, 0.5) is 0 Å². The summed E-state index contributed by atoms with van der Waals surface area (Å²) in [4.78, 5) is 31.2. The van der Waals surface area contributed by atoms with Crippen molar-refractivity contribution >= 4 is 27.5 Å². The zero-order valence-electron chi connectivity index (χ0n) is 15.4. The number of aromatic nitrogens is 1. The monoisotopic (exact) mass is 401 g/mol. The van der Waals surface area contributed by atoms with E-state index in [1.54, 1.807) is 11.3 Å². The molecule has 0 bridgehead atoms. The highest BCUT2D eigenvalue weighted by Crippen LogP contribution is 2.39. The fourth-order valence-corrected chi connectivity index (χ4v) is 6.08. The lowest BCUT2D eigenvalue weighted by atomic mass is 9.79. The average molecular weight is 401 g/mol. The van der Waals surface area contributed by atoms with Crippen molar-refractivity contribution in [3.63, 3.8) is 0 Å². The van der Waals surface area contributed by atoms with Gasteiger partial charge in [0.1, 0.15) is 11.0 Å². The third-order valence-corrected chi connectivity index (χ3v) is 7.56. The fraction of sp³-hybridized carbons (Fsp3) is 0.579. The minimum atomic E-state index is -0.545. The molecule has 5 rings (SSSR count). The number of fused-ring (bicyclic) bond motifs is 2. The third-order valence-electron chi connectivity index (χ3n) is 6.42. The van der Waals surface area contributed by atoms with Crippen LogP contribution in [0.25, 0.3) is 10.2 Å². The van der Waals surface area contributed by atoms with Crippen molar-refractivity contribution in [3.8, 4) is 0 Å². The molecule has 2 aromatic rings. The molecule has 2 aliphatic heterocycles. The number of nitrogens with one attached hydrogen (secondary N) is 2. The zero-order chi connectivity index (χ0) is 19.3. The molecular formula is C19H23N5O3S. The highest BCUT2D eigenvalue weighted by molar-refractivity contribution is 7.18. The Morgan fingerprint density at radius 3 is 2.93 bits per heavy atom. The number of carbonyl (C=O) groups excluding carboxylic acids is 1. The molecule has 2 saturated heterocycles. The van der Waals surface area contributed by atoms with Gasteiger partial charge < -0.3 is 4.90 Å². The second-order valence-electron chi connectivity index (χ2n) is 8.00. The van der Waals surface area contributed by atoms with Gasteiger partial charge in [0, 0.05) is 36.3 Å². The van der Waals surface area contributed by atoms with Crippen LogP contribution in [0.2, 0.25) is 0 Å². The second-order valence-corrected chi connectivity index (χ2v) is 9.06. The SMILES string of the molecule is O=C(C1NNC2CCC([N+](=O)[O-])CC21)N1CCCC1c1nc2ccccc2s1. The molecule has 9 heteroatoms. The molecule has 1 saturated carbocycles. The lowest BCUT2D eigenvalue weighted by Crippen LogP contribution is -2.48. The summed E-state index contributed by atoms with van der Waals surface area (Å²) in [7, 11) is 0. The van der Waals surface area contributed by atoms with Crippen molar-refractivity contribution in [2.45, 2.75) is 56.3 Å². The van der Waals surface area contributed by atoms with Crippen LogP contribution in [0.5, 0.6) is 0 Å². The molecular weight excluding hydrogens is 378 g/mol. The van der Waals surface area contributed by atoms with Crippen molar-refractivity contribution in [2.24, 2.45) is 5.92 Å². The van der Waals surface area contributed by atoms with Gasteiger partial charge in [0.15, 0.2) is 0 Å². The number of carbonyl (C=O) groups is 1. The molecule has 2 N–H and O–H groups in total. The number of hydrogen-bond donors (Lipinski definition) is 2. The van der Waals surface area contributed by atoms with E-state index in [0.29, 0.717) is 19.4 Å². The Bertz CT molecular complexity index is 885. The Labute approximate surface area is 166 Å². The van der Waals surface area contributed by atoms with Crippen LogP contribution in [0.1, 0.15) is 43.2 Å². The number of hydrazine groups is 1. The van der Waals surface area contributed by atoms with Gasteiger partial charge in [0.2, 0.25) is 11.9 Å². The summed E-state index contributed by atoms with van der Waals surface area (Å²) < 4.78 is 1.14. The fourth-order valence-electron chi connectivity index (χ4n) is 4.97. The molecule has 148 valence electrons. The Morgan fingerprint density at radius 1 is 1.25 bits per heavy atom. The first-order valence-electron chi connectivity index (χ1n) is 9.92. The van der Waals surface area contributed by atoms with Crippen molar-refractivity contribution in [3.05, 3.63) is 39.4 Å². The van der Waals surface area contributed by atoms with E-state index in [1.165, 1.54) is 0 Å². The first-order valence-corrected chi connectivity index (χ1v) is 10.7. The van der Waals surface area contributed by atoms with E-state index >= 15 is 0 Å². The smallest absolute Gasteiger partial charge is 0.242 e. The maximum Gasteiger partial charge on any atom is 0.242 e. The lowest BCUT2D eigenvalue weighted by Gasteiger charge is -2.31. The first kappa shape index (κ1) is 18.0. The van der Waals surface area contributed by atoms with Gasteiger partial charge in [-0.25, -0.2) is 10.4 Å². The van der Waals surface area contributed by atoms with Gasteiger partial charge in [0.25, 0.3) is 0 Å². The summed E-state index contributed by atoms with van der Waals surface area (Å²) >= 11 is 1.65. The van der Waals surface area contributed by atoms with Gasteiger partial charge in [-0.05, 0) is 31.4 Å². The minimum absolute atomic E-state index is 0.000605. The third kappa shape index (κ3) is 2.98. The molecule has 3 fully saturated rings. The molecule has 28 heavy (non-hydrogen) atoms. The predicted molar refractivity (Wildman–Crippen MR) is 105 cm³/mol. The van der Waals surface area contributed by atoms with E-state index in [1.807, 2.05) is 23.1 Å². The van der Waals surface area contributed by atoms with Gasteiger partial charge in [-0.15, -0.1) is 11.3 Å². The van der Waals surface area contributed by atoms with Crippen molar-refractivity contribution in [2.75, 3.05) is 6.54 Å². The van der Waals surface area contributed by atoms with Crippen LogP contribution in [0.15, 0.2) is 24.3 Å². The van der Waals surface area contributed by atoms with E-state index in [-0.39, 0.29) is 28.8 Å². The predicted octanol–water partition coefficient (Wildman–Crippen LogP) is 2.25. The maximum absolute atomic E-state index is 13.4. The second kappa shape index (κ2) is 7.06. The van der Waals surface area contributed by atoms with E-state index in [9.17, 15) is 14.9 Å². The number of benzene rings is 1. The average Bonchev–Trinajstić information content (AvgIpc) is 3.43. The summed E-state index contributed by atoms with van der Waals surface area (Å²) in [6.45, 7) is 0.716. The number of hydrogen-bond acceptors (Lipinski definition) is 7. The Hall–Kier alpha value is -2.10. The summed E-state index contributed by atoms with van der Waals surface area (Å²) in [5, 5.41) is 12.2. The van der Waals surface area contributed by atoms with Crippen molar-refractivity contribution in [1.29, 1.82) is 0 Å². The number of nitro groups is 1. The minimum Gasteiger partial charge on any atom is -0.332 e. The highest BCUT2D eigenvalue weighted by Gasteiger charge is 2.49. The molecule has 5 unspecified atom stereocenters. The Kier molecular flexibility index (Phi) is 4.53. The molecule has 0 spiro atoms. The van der Waals surface area contributed by atoms with Crippen molar-refractivity contribution in [1.82, 2.24) is 20.7 Å².